The highest BCUT2D eigenvalue weighted by atomic mass is 32.2. The van der Waals surface area contributed by atoms with Gasteiger partial charge in [0, 0.05) is 0 Å². The summed E-state index contributed by atoms with van der Waals surface area (Å²) < 4.78 is 4.81. The van der Waals surface area contributed by atoms with E-state index in [1.54, 1.807) is 23.5 Å². The minimum Gasteiger partial charge on any atom is -0.466 e. The zero-order valence-corrected chi connectivity index (χ0v) is 12.1. The van der Waals surface area contributed by atoms with E-state index in [0.717, 1.165) is 5.56 Å². The van der Waals surface area contributed by atoms with Crippen LogP contribution in [0, 0.1) is 0 Å². The van der Waals surface area contributed by atoms with Gasteiger partial charge in [-0.25, -0.2) is 0 Å². The van der Waals surface area contributed by atoms with E-state index in [4.69, 9.17) is 4.74 Å². The second kappa shape index (κ2) is 6.97. The third kappa shape index (κ3) is 3.68. The van der Waals surface area contributed by atoms with Crippen LogP contribution in [0.2, 0.25) is 0 Å². The first-order chi connectivity index (χ1) is 8.18. The molecule has 0 aliphatic rings. The summed E-state index contributed by atoms with van der Waals surface area (Å²) in [5.41, 5.74) is 1.16. The second-order valence-corrected chi connectivity index (χ2v) is 5.98. The molecule has 0 aliphatic carbocycles. The molecule has 1 rings (SSSR count). The van der Waals surface area contributed by atoms with E-state index in [-0.39, 0.29) is 10.0 Å². The van der Waals surface area contributed by atoms with E-state index in [2.05, 4.69) is 12.1 Å². The number of esters is 1. The normalized spacial score (nSPS) is 11.2. The zero-order valence-electron chi connectivity index (χ0n) is 10.4. The number of thioether (sulfide) groups is 2. The molecule has 0 aliphatic heterocycles. The third-order valence-electron chi connectivity index (χ3n) is 2.56. The molecule has 0 bridgehead atoms. The Morgan fingerprint density at radius 3 is 2.29 bits per heavy atom. The van der Waals surface area contributed by atoms with E-state index in [1.165, 1.54) is 0 Å². The largest absolute Gasteiger partial charge is 0.466 e. The number of carbonyl (C=O) groups excluding carboxylic acids is 1. The SMILES string of the molecule is CCOC(=O)CC(SC)(SC)c1ccccc1. The molecular weight excluding hydrogens is 252 g/mol. The molecule has 2 nitrogen and oxygen atoms in total. The first kappa shape index (κ1) is 14.5. The Labute approximate surface area is 112 Å². The Balaban J connectivity index is 2.93. The van der Waals surface area contributed by atoms with E-state index in [0.29, 0.717) is 13.0 Å². The molecule has 0 spiro atoms. The van der Waals surface area contributed by atoms with Gasteiger partial charge in [-0.15, -0.1) is 23.5 Å². The van der Waals surface area contributed by atoms with Crippen molar-refractivity contribution in [2.45, 2.75) is 17.4 Å². The van der Waals surface area contributed by atoms with Crippen LogP contribution >= 0.6 is 23.5 Å². The molecule has 0 amide bonds. The van der Waals surface area contributed by atoms with Crippen LogP contribution in [-0.2, 0) is 13.6 Å². The van der Waals surface area contributed by atoms with Crippen molar-refractivity contribution in [2.24, 2.45) is 0 Å². The van der Waals surface area contributed by atoms with Crippen molar-refractivity contribution in [3.05, 3.63) is 35.9 Å². The predicted octanol–water partition coefficient (Wildman–Crippen LogP) is 3.52. The first-order valence-electron chi connectivity index (χ1n) is 5.50. The molecule has 1 aromatic rings. The number of ether oxygens (including phenoxy) is 1. The van der Waals surface area contributed by atoms with Gasteiger partial charge < -0.3 is 4.74 Å². The molecule has 0 saturated carbocycles. The summed E-state index contributed by atoms with van der Waals surface area (Å²) in [6.07, 6.45) is 4.46. The molecule has 0 saturated heterocycles. The highest BCUT2D eigenvalue weighted by Gasteiger charge is 2.33. The highest BCUT2D eigenvalue weighted by molar-refractivity contribution is 8.16. The fourth-order valence-corrected chi connectivity index (χ4v) is 3.59. The molecule has 0 heterocycles. The van der Waals surface area contributed by atoms with E-state index in [9.17, 15) is 4.79 Å². The van der Waals surface area contributed by atoms with Crippen molar-refractivity contribution >= 4 is 29.5 Å². The van der Waals surface area contributed by atoms with Crippen molar-refractivity contribution in [1.29, 1.82) is 0 Å². The van der Waals surface area contributed by atoms with Crippen molar-refractivity contribution in [3.8, 4) is 0 Å². The minimum atomic E-state index is -0.243. The summed E-state index contributed by atoms with van der Waals surface area (Å²) in [4.78, 5) is 11.7. The molecule has 0 fully saturated rings. The van der Waals surface area contributed by atoms with Crippen LogP contribution < -0.4 is 0 Å². The Bertz CT molecular complexity index is 348. The van der Waals surface area contributed by atoms with Gasteiger partial charge in [0.2, 0.25) is 0 Å². The zero-order chi connectivity index (χ0) is 12.7. The summed E-state index contributed by atoms with van der Waals surface area (Å²) in [5.74, 6) is -0.139. The number of carbonyl (C=O) groups is 1. The number of benzene rings is 1. The maximum Gasteiger partial charge on any atom is 0.308 e. The topological polar surface area (TPSA) is 26.3 Å². The highest BCUT2D eigenvalue weighted by Crippen LogP contribution is 2.47. The fourth-order valence-electron chi connectivity index (χ4n) is 1.66. The summed E-state index contributed by atoms with van der Waals surface area (Å²) >= 11 is 3.37. The van der Waals surface area contributed by atoms with Crippen LogP contribution in [0.25, 0.3) is 0 Å². The second-order valence-electron chi connectivity index (χ2n) is 3.51. The molecule has 0 unspecified atom stereocenters. The summed E-state index contributed by atoms with van der Waals surface area (Å²) in [5, 5.41) is 0. The molecule has 0 N–H and O–H groups in total. The average molecular weight is 270 g/mol. The number of rotatable bonds is 6. The van der Waals surface area contributed by atoms with E-state index < -0.39 is 0 Å². The van der Waals surface area contributed by atoms with Crippen LogP contribution in [0.5, 0.6) is 0 Å². The molecule has 0 radical (unpaired) electrons. The lowest BCUT2D eigenvalue weighted by Gasteiger charge is -2.29. The Morgan fingerprint density at radius 2 is 1.82 bits per heavy atom. The quantitative estimate of drug-likeness (QED) is 0.583. The van der Waals surface area contributed by atoms with Gasteiger partial charge in [0.25, 0.3) is 0 Å². The van der Waals surface area contributed by atoms with E-state index in [1.807, 2.05) is 37.6 Å². The van der Waals surface area contributed by atoms with Crippen molar-refractivity contribution in [3.63, 3.8) is 0 Å². The molecular formula is C13H18O2S2. The lowest BCUT2D eigenvalue weighted by atomic mass is 10.1. The van der Waals surface area contributed by atoms with Crippen LogP contribution in [0.3, 0.4) is 0 Å². The molecule has 94 valence electrons. The molecule has 17 heavy (non-hydrogen) atoms. The lowest BCUT2D eigenvalue weighted by molar-refractivity contribution is -0.143. The van der Waals surface area contributed by atoms with Gasteiger partial charge in [-0.2, -0.15) is 0 Å². The predicted molar refractivity (Wildman–Crippen MR) is 76.4 cm³/mol. The van der Waals surface area contributed by atoms with Crippen LogP contribution in [0.4, 0.5) is 0 Å². The molecule has 0 aromatic heterocycles. The number of hydrogen-bond donors (Lipinski definition) is 0. The van der Waals surface area contributed by atoms with Crippen molar-refractivity contribution in [1.82, 2.24) is 0 Å². The maximum absolute atomic E-state index is 11.7. The van der Waals surface area contributed by atoms with Gasteiger partial charge in [-0.05, 0) is 25.0 Å². The van der Waals surface area contributed by atoms with E-state index >= 15 is 0 Å². The summed E-state index contributed by atoms with van der Waals surface area (Å²) in [7, 11) is 0. The van der Waals surface area contributed by atoms with Crippen molar-refractivity contribution in [2.75, 3.05) is 19.1 Å². The molecule has 4 heteroatoms. The lowest BCUT2D eigenvalue weighted by Crippen LogP contribution is -2.23. The van der Waals surface area contributed by atoms with Gasteiger partial charge in [0.15, 0.2) is 0 Å². The summed E-state index contributed by atoms with van der Waals surface area (Å²) in [6, 6.07) is 10.1. The monoisotopic (exact) mass is 270 g/mol. The molecule has 0 atom stereocenters. The molecule has 1 aromatic carbocycles. The first-order valence-corrected chi connectivity index (χ1v) is 7.95. The average Bonchev–Trinajstić information content (AvgIpc) is 2.37. The Hall–Kier alpha value is -0.610. The Kier molecular flexibility index (Phi) is 5.92. The van der Waals surface area contributed by atoms with Gasteiger partial charge in [0.05, 0.1) is 17.1 Å². The standard InChI is InChI=1S/C13H18O2S2/c1-4-15-12(14)10-13(16-2,17-3)11-8-6-5-7-9-11/h5-9H,4,10H2,1-3H3. The van der Waals surface area contributed by atoms with Gasteiger partial charge in [0.1, 0.15) is 0 Å². The Morgan fingerprint density at radius 1 is 1.24 bits per heavy atom. The number of hydrogen-bond acceptors (Lipinski definition) is 4. The van der Waals surface area contributed by atoms with Crippen LogP contribution in [0.15, 0.2) is 30.3 Å². The third-order valence-corrected chi connectivity index (χ3v) is 5.63. The van der Waals surface area contributed by atoms with Crippen LogP contribution in [-0.4, -0.2) is 25.1 Å². The van der Waals surface area contributed by atoms with Crippen molar-refractivity contribution < 1.29 is 9.53 Å². The maximum atomic E-state index is 11.7. The summed E-state index contributed by atoms with van der Waals surface area (Å²) in [6.45, 7) is 2.27. The minimum absolute atomic E-state index is 0.139. The van der Waals surface area contributed by atoms with Gasteiger partial charge in [-0.1, -0.05) is 30.3 Å². The van der Waals surface area contributed by atoms with Crippen LogP contribution in [0.1, 0.15) is 18.9 Å². The fraction of sp³-hybridized carbons (Fsp3) is 0.462. The smallest absolute Gasteiger partial charge is 0.308 e. The van der Waals surface area contributed by atoms with Gasteiger partial charge >= 0.3 is 5.97 Å². The van der Waals surface area contributed by atoms with Gasteiger partial charge in [-0.3, -0.25) is 4.79 Å².